The van der Waals surface area contributed by atoms with Gasteiger partial charge in [-0.25, -0.2) is 9.37 Å². The summed E-state index contributed by atoms with van der Waals surface area (Å²) in [5.74, 6) is -0.665. The smallest absolute Gasteiger partial charge is 0.257 e. The maximum absolute atomic E-state index is 13.7. The molecule has 0 aliphatic heterocycles. The first-order chi connectivity index (χ1) is 8.63. The van der Waals surface area contributed by atoms with Gasteiger partial charge in [0.05, 0.1) is 5.56 Å². The van der Waals surface area contributed by atoms with Crippen LogP contribution in [0.25, 0.3) is 0 Å². The number of halogens is 1. The largest absolute Gasteiger partial charge is 0.381 e. The highest BCUT2D eigenvalue weighted by molar-refractivity contribution is 5.95. The molecule has 0 spiro atoms. The molecule has 0 bridgehead atoms. The molecule has 5 heteroatoms. The molecule has 0 atom stereocenters. The van der Waals surface area contributed by atoms with Crippen LogP contribution in [-0.4, -0.2) is 28.9 Å². The Morgan fingerprint density at radius 1 is 1.61 bits per heavy atom. The number of aromatic nitrogens is 1. The Hall–Kier alpha value is -1.65. The van der Waals surface area contributed by atoms with E-state index in [0.717, 1.165) is 12.8 Å². The van der Waals surface area contributed by atoms with E-state index in [2.05, 4.69) is 4.98 Å². The van der Waals surface area contributed by atoms with Crippen LogP contribution in [0.3, 0.4) is 0 Å². The van der Waals surface area contributed by atoms with Gasteiger partial charge in [0.25, 0.3) is 5.91 Å². The third-order valence-corrected chi connectivity index (χ3v) is 3.52. The van der Waals surface area contributed by atoms with E-state index >= 15 is 0 Å². The van der Waals surface area contributed by atoms with Crippen LogP contribution >= 0.6 is 0 Å². The van der Waals surface area contributed by atoms with Crippen LogP contribution in [0.15, 0.2) is 12.3 Å². The molecule has 1 heterocycles. The number of amides is 1. The summed E-state index contributed by atoms with van der Waals surface area (Å²) in [5, 5.41) is 0. The maximum Gasteiger partial charge on any atom is 0.257 e. The van der Waals surface area contributed by atoms with Gasteiger partial charge in [-0.05, 0) is 31.7 Å². The number of carbonyl (C=O) groups excluding carboxylic acids is 1. The van der Waals surface area contributed by atoms with Crippen LogP contribution in [0, 0.1) is 11.7 Å². The summed E-state index contributed by atoms with van der Waals surface area (Å²) >= 11 is 0. The molecule has 1 aliphatic carbocycles. The predicted molar refractivity (Wildman–Crippen MR) is 67.5 cm³/mol. The lowest BCUT2D eigenvalue weighted by Crippen LogP contribution is -2.37. The lowest BCUT2D eigenvalue weighted by atomic mass is 9.85. The average molecular weight is 251 g/mol. The van der Waals surface area contributed by atoms with Crippen LogP contribution in [0.5, 0.6) is 0 Å². The number of carbonyl (C=O) groups is 1. The molecule has 2 rings (SSSR count). The summed E-state index contributed by atoms with van der Waals surface area (Å²) in [7, 11) is 0. The highest BCUT2D eigenvalue weighted by atomic mass is 19.1. The van der Waals surface area contributed by atoms with E-state index in [4.69, 9.17) is 5.73 Å². The van der Waals surface area contributed by atoms with Gasteiger partial charge in [0.15, 0.2) is 11.6 Å². The quantitative estimate of drug-likeness (QED) is 0.891. The van der Waals surface area contributed by atoms with Crippen molar-refractivity contribution in [3.05, 3.63) is 23.6 Å². The first kappa shape index (κ1) is 12.8. The van der Waals surface area contributed by atoms with E-state index in [1.807, 2.05) is 6.92 Å². The number of rotatable bonds is 4. The van der Waals surface area contributed by atoms with Gasteiger partial charge in [-0.1, -0.05) is 6.42 Å². The van der Waals surface area contributed by atoms with Crippen molar-refractivity contribution in [2.75, 3.05) is 18.8 Å². The second-order valence-electron chi connectivity index (χ2n) is 4.70. The van der Waals surface area contributed by atoms with Crippen molar-refractivity contribution in [3.63, 3.8) is 0 Å². The summed E-state index contributed by atoms with van der Waals surface area (Å²) in [6, 6.07) is 1.39. The number of pyridine rings is 1. The Morgan fingerprint density at radius 2 is 2.33 bits per heavy atom. The van der Waals surface area contributed by atoms with Crippen LogP contribution in [0.1, 0.15) is 36.5 Å². The van der Waals surface area contributed by atoms with Crippen LogP contribution in [-0.2, 0) is 0 Å². The van der Waals surface area contributed by atoms with Crippen molar-refractivity contribution in [2.45, 2.75) is 26.2 Å². The van der Waals surface area contributed by atoms with Gasteiger partial charge >= 0.3 is 0 Å². The molecule has 4 nitrogen and oxygen atoms in total. The molecule has 1 amide bonds. The highest BCUT2D eigenvalue weighted by Crippen LogP contribution is 2.27. The minimum absolute atomic E-state index is 0.0173. The van der Waals surface area contributed by atoms with Crippen molar-refractivity contribution >= 4 is 11.7 Å². The Labute approximate surface area is 106 Å². The standard InChI is InChI=1S/C13H18FN3O/c1-2-17(8-9-4-3-5-9)13(18)10-6-7-16-12(15)11(10)14/h6-7,9H,2-5,8H2,1H3,(H2,15,16). The molecule has 0 unspecified atom stereocenters. The van der Waals surface area contributed by atoms with Gasteiger partial charge in [0, 0.05) is 19.3 Å². The molecule has 1 aromatic heterocycles. The van der Waals surface area contributed by atoms with E-state index in [0.29, 0.717) is 19.0 Å². The second-order valence-corrected chi connectivity index (χ2v) is 4.70. The fourth-order valence-corrected chi connectivity index (χ4v) is 2.14. The van der Waals surface area contributed by atoms with E-state index in [9.17, 15) is 9.18 Å². The molecule has 98 valence electrons. The van der Waals surface area contributed by atoms with Gasteiger partial charge in [0.1, 0.15) is 0 Å². The molecule has 0 aromatic carbocycles. The second kappa shape index (κ2) is 5.33. The van der Waals surface area contributed by atoms with Crippen molar-refractivity contribution in [3.8, 4) is 0 Å². The lowest BCUT2D eigenvalue weighted by molar-refractivity contribution is 0.0701. The Kier molecular flexibility index (Phi) is 3.79. The van der Waals surface area contributed by atoms with E-state index < -0.39 is 5.82 Å². The molecule has 0 saturated heterocycles. The zero-order chi connectivity index (χ0) is 13.1. The maximum atomic E-state index is 13.7. The molecule has 0 radical (unpaired) electrons. The fourth-order valence-electron chi connectivity index (χ4n) is 2.14. The number of nitrogen functional groups attached to an aromatic ring is 1. The Morgan fingerprint density at radius 3 is 2.89 bits per heavy atom. The number of hydrogen-bond acceptors (Lipinski definition) is 3. The van der Waals surface area contributed by atoms with Gasteiger partial charge in [-0.15, -0.1) is 0 Å². The molecule has 1 fully saturated rings. The van der Waals surface area contributed by atoms with Crippen LogP contribution in [0.2, 0.25) is 0 Å². The Bertz CT molecular complexity index is 446. The van der Waals surface area contributed by atoms with Gasteiger partial charge in [-0.3, -0.25) is 4.79 Å². The summed E-state index contributed by atoms with van der Waals surface area (Å²) < 4.78 is 13.7. The van der Waals surface area contributed by atoms with Crippen molar-refractivity contribution in [2.24, 2.45) is 5.92 Å². The first-order valence-corrected chi connectivity index (χ1v) is 6.32. The zero-order valence-electron chi connectivity index (χ0n) is 10.5. The number of nitrogens with two attached hydrogens (primary N) is 1. The normalized spacial score (nSPS) is 15.2. The molecule has 18 heavy (non-hydrogen) atoms. The van der Waals surface area contributed by atoms with Crippen molar-refractivity contribution in [1.29, 1.82) is 0 Å². The van der Waals surface area contributed by atoms with Crippen LogP contribution < -0.4 is 5.73 Å². The molecular formula is C13H18FN3O. The van der Waals surface area contributed by atoms with Gasteiger partial charge < -0.3 is 10.6 Å². The fraction of sp³-hybridized carbons (Fsp3) is 0.538. The summed E-state index contributed by atoms with van der Waals surface area (Å²) in [6.07, 6.45) is 4.91. The van der Waals surface area contributed by atoms with E-state index in [1.165, 1.54) is 18.7 Å². The Balaban J connectivity index is 2.14. The lowest BCUT2D eigenvalue weighted by Gasteiger charge is -2.31. The van der Waals surface area contributed by atoms with Gasteiger partial charge in [-0.2, -0.15) is 0 Å². The highest BCUT2D eigenvalue weighted by Gasteiger charge is 2.25. The number of nitrogens with zero attached hydrogens (tertiary/aromatic N) is 2. The number of hydrogen-bond donors (Lipinski definition) is 1. The molecule has 1 saturated carbocycles. The summed E-state index contributed by atoms with van der Waals surface area (Å²) in [5.41, 5.74) is 5.40. The molecule has 2 N–H and O–H groups in total. The SMILES string of the molecule is CCN(CC1CCC1)C(=O)c1ccnc(N)c1F. The predicted octanol–water partition coefficient (Wildman–Crippen LogP) is 2.07. The third-order valence-electron chi connectivity index (χ3n) is 3.52. The minimum Gasteiger partial charge on any atom is -0.381 e. The monoisotopic (exact) mass is 251 g/mol. The minimum atomic E-state index is -0.713. The summed E-state index contributed by atoms with van der Waals surface area (Å²) in [4.78, 5) is 17.5. The summed E-state index contributed by atoms with van der Waals surface area (Å²) in [6.45, 7) is 3.19. The molecular weight excluding hydrogens is 233 g/mol. The van der Waals surface area contributed by atoms with Crippen molar-refractivity contribution in [1.82, 2.24) is 9.88 Å². The molecule has 1 aromatic rings. The zero-order valence-corrected chi connectivity index (χ0v) is 10.5. The van der Waals surface area contributed by atoms with Crippen LogP contribution in [0.4, 0.5) is 10.2 Å². The topological polar surface area (TPSA) is 59.2 Å². The molecule has 1 aliphatic rings. The van der Waals surface area contributed by atoms with Gasteiger partial charge in [0.2, 0.25) is 0 Å². The number of anilines is 1. The van der Waals surface area contributed by atoms with E-state index in [-0.39, 0.29) is 17.3 Å². The van der Waals surface area contributed by atoms with E-state index in [1.54, 1.807) is 4.90 Å². The first-order valence-electron chi connectivity index (χ1n) is 6.32. The third kappa shape index (κ3) is 2.44. The van der Waals surface area contributed by atoms with Crippen molar-refractivity contribution < 1.29 is 9.18 Å². The average Bonchev–Trinajstić information content (AvgIpc) is 2.31.